The van der Waals surface area contributed by atoms with Gasteiger partial charge in [-0.3, -0.25) is 14.3 Å². The predicted molar refractivity (Wildman–Crippen MR) is 145 cm³/mol. The van der Waals surface area contributed by atoms with Gasteiger partial charge in [0.2, 0.25) is 5.91 Å². The van der Waals surface area contributed by atoms with Crippen molar-refractivity contribution in [2.45, 2.75) is 50.2 Å². The van der Waals surface area contributed by atoms with Gasteiger partial charge < -0.3 is 15.5 Å². The number of nitrogens with one attached hydrogen (secondary N) is 2. The lowest BCUT2D eigenvalue weighted by molar-refractivity contribution is -0.114. The Kier molecular flexibility index (Phi) is 8.48. The van der Waals surface area contributed by atoms with Crippen molar-refractivity contribution >= 4 is 50.5 Å². The zero-order valence-corrected chi connectivity index (χ0v) is 22.6. The van der Waals surface area contributed by atoms with Crippen molar-refractivity contribution in [2.24, 2.45) is 5.16 Å². The minimum absolute atomic E-state index is 0.0165. The van der Waals surface area contributed by atoms with Crippen LogP contribution < -0.4 is 10.6 Å². The molecule has 0 radical (unpaired) electrons. The van der Waals surface area contributed by atoms with Gasteiger partial charge in [-0.2, -0.15) is 5.10 Å². The first-order chi connectivity index (χ1) is 18.1. The van der Waals surface area contributed by atoms with Crippen molar-refractivity contribution in [3.05, 3.63) is 70.9 Å². The maximum Gasteiger partial charge on any atom is 0.279 e. The molecule has 2 amide bonds. The number of hydrogen-bond acceptors (Lipinski definition) is 7. The molecule has 4 rings (SSSR count). The van der Waals surface area contributed by atoms with Crippen LogP contribution in [0.25, 0.3) is 0 Å². The van der Waals surface area contributed by atoms with E-state index in [4.69, 9.17) is 16.4 Å². The molecule has 0 aliphatic heterocycles. The summed E-state index contributed by atoms with van der Waals surface area (Å²) in [6.07, 6.45) is 6.44. The maximum absolute atomic E-state index is 13.3. The number of nitrogens with zero attached hydrogens (tertiary/aromatic N) is 3. The average molecular weight is 558 g/mol. The highest BCUT2D eigenvalue weighted by Gasteiger charge is 2.22. The van der Waals surface area contributed by atoms with Crippen LogP contribution >= 0.6 is 11.6 Å². The van der Waals surface area contributed by atoms with E-state index in [-0.39, 0.29) is 27.6 Å². The van der Waals surface area contributed by atoms with Crippen LogP contribution in [0, 0.1) is 0 Å². The maximum atomic E-state index is 13.3. The summed E-state index contributed by atoms with van der Waals surface area (Å²) in [6, 6.07) is 13.2. The topological polar surface area (TPSA) is 132 Å². The third-order valence-corrected chi connectivity index (χ3v) is 7.47. The fraction of sp³-hybridized carbons (Fsp3) is 0.308. The lowest BCUT2D eigenvalue weighted by atomic mass is 10.1. The third-order valence-electron chi connectivity index (χ3n) is 5.89. The summed E-state index contributed by atoms with van der Waals surface area (Å²) in [5.41, 5.74) is 1.85. The van der Waals surface area contributed by atoms with Gasteiger partial charge in [0, 0.05) is 36.7 Å². The molecule has 2 aromatic carbocycles. The number of rotatable bonds is 9. The SMILES string of the molecule is CC(=O)Nc1cccc(Cn2ccc(NC(=O)/C(=N\OC3CCCC3)c3ccc(S(C)(=O)=O)c(Cl)c3)n2)c1. The molecular formula is C26H28ClN5O5S. The Morgan fingerprint density at radius 3 is 2.58 bits per heavy atom. The number of amides is 2. The molecule has 200 valence electrons. The Labute approximate surface area is 225 Å². The Morgan fingerprint density at radius 1 is 1.13 bits per heavy atom. The van der Waals surface area contributed by atoms with Crippen molar-refractivity contribution in [3.8, 4) is 0 Å². The van der Waals surface area contributed by atoms with E-state index in [1.807, 2.05) is 18.2 Å². The van der Waals surface area contributed by atoms with Gasteiger partial charge in [-0.15, -0.1) is 0 Å². The van der Waals surface area contributed by atoms with Gasteiger partial charge in [-0.05, 0) is 55.5 Å². The first-order valence-corrected chi connectivity index (χ1v) is 14.3. The van der Waals surface area contributed by atoms with E-state index in [0.29, 0.717) is 23.6 Å². The summed E-state index contributed by atoms with van der Waals surface area (Å²) in [6.45, 7) is 1.86. The van der Waals surface area contributed by atoms with E-state index in [0.717, 1.165) is 37.5 Å². The van der Waals surface area contributed by atoms with Gasteiger partial charge in [0.15, 0.2) is 21.4 Å². The number of aromatic nitrogens is 2. The summed E-state index contributed by atoms with van der Waals surface area (Å²) in [4.78, 5) is 30.2. The normalized spacial score (nSPS) is 14.3. The summed E-state index contributed by atoms with van der Waals surface area (Å²) in [7, 11) is -3.54. The number of halogens is 1. The molecule has 0 bridgehead atoms. The van der Waals surface area contributed by atoms with Crippen molar-refractivity contribution in [1.29, 1.82) is 0 Å². The van der Waals surface area contributed by atoms with Gasteiger partial charge in [-0.25, -0.2) is 8.42 Å². The van der Waals surface area contributed by atoms with Gasteiger partial charge in [0.05, 0.1) is 16.5 Å². The molecule has 1 aliphatic carbocycles. The molecule has 1 heterocycles. The molecule has 3 aromatic rings. The van der Waals surface area contributed by atoms with Crippen LogP contribution in [0.3, 0.4) is 0 Å². The smallest absolute Gasteiger partial charge is 0.279 e. The molecule has 1 fully saturated rings. The van der Waals surface area contributed by atoms with Crippen LogP contribution in [-0.2, 0) is 30.8 Å². The Hall–Kier alpha value is -3.70. The molecule has 0 saturated heterocycles. The lowest BCUT2D eigenvalue weighted by Crippen LogP contribution is -2.25. The monoisotopic (exact) mass is 557 g/mol. The van der Waals surface area contributed by atoms with Crippen LogP contribution in [-0.4, -0.2) is 48.1 Å². The minimum atomic E-state index is -3.54. The number of carbonyl (C=O) groups excluding carboxylic acids is 2. The highest BCUT2D eigenvalue weighted by molar-refractivity contribution is 7.90. The molecule has 12 heteroatoms. The molecule has 0 spiro atoms. The summed E-state index contributed by atoms with van der Waals surface area (Å²) < 4.78 is 25.6. The highest BCUT2D eigenvalue weighted by atomic mass is 35.5. The number of carbonyl (C=O) groups is 2. The van der Waals surface area contributed by atoms with Crippen molar-refractivity contribution in [2.75, 3.05) is 16.9 Å². The van der Waals surface area contributed by atoms with Gasteiger partial charge in [-0.1, -0.05) is 35.0 Å². The number of sulfone groups is 1. The molecule has 1 aromatic heterocycles. The van der Waals surface area contributed by atoms with Crippen molar-refractivity contribution in [1.82, 2.24) is 9.78 Å². The number of hydrogen-bond donors (Lipinski definition) is 2. The van der Waals surface area contributed by atoms with Crippen molar-refractivity contribution in [3.63, 3.8) is 0 Å². The second kappa shape index (κ2) is 11.8. The molecule has 1 saturated carbocycles. The fourth-order valence-electron chi connectivity index (χ4n) is 4.12. The largest absolute Gasteiger partial charge is 0.392 e. The molecule has 1 aliphatic rings. The van der Waals surface area contributed by atoms with E-state index in [1.165, 1.54) is 25.1 Å². The third kappa shape index (κ3) is 7.20. The first kappa shape index (κ1) is 27.3. The van der Waals surface area contributed by atoms with Crippen LogP contribution in [0.2, 0.25) is 5.02 Å². The number of oxime groups is 1. The van der Waals surface area contributed by atoms with E-state index >= 15 is 0 Å². The quantitative estimate of drug-likeness (QED) is 0.299. The van der Waals surface area contributed by atoms with E-state index in [1.54, 1.807) is 23.0 Å². The molecule has 38 heavy (non-hydrogen) atoms. The molecular weight excluding hydrogens is 530 g/mol. The number of anilines is 2. The zero-order valence-electron chi connectivity index (χ0n) is 21.0. The van der Waals surface area contributed by atoms with E-state index < -0.39 is 15.7 Å². The Balaban J connectivity index is 1.53. The Morgan fingerprint density at radius 2 is 1.89 bits per heavy atom. The second-order valence-electron chi connectivity index (χ2n) is 9.10. The number of benzene rings is 2. The van der Waals surface area contributed by atoms with Gasteiger partial charge in [0.1, 0.15) is 6.10 Å². The zero-order chi connectivity index (χ0) is 27.3. The summed E-state index contributed by atoms with van der Waals surface area (Å²) >= 11 is 6.22. The van der Waals surface area contributed by atoms with Crippen LogP contribution in [0.15, 0.2) is 64.8 Å². The highest BCUT2D eigenvalue weighted by Crippen LogP contribution is 2.25. The summed E-state index contributed by atoms with van der Waals surface area (Å²) in [5, 5.41) is 14.0. The fourth-order valence-corrected chi connectivity index (χ4v) is 5.45. The summed E-state index contributed by atoms with van der Waals surface area (Å²) in [5.74, 6) is -0.447. The predicted octanol–water partition coefficient (Wildman–Crippen LogP) is 4.25. The lowest BCUT2D eigenvalue weighted by Gasteiger charge is -2.11. The van der Waals surface area contributed by atoms with Crippen molar-refractivity contribution < 1.29 is 22.8 Å². The van der Waals surface area contributed by atoms with Gasteiger partial charge >= 0.3 is 0 Å². The van der Waals surface area contributed by atoms with Crippen LogP contribution in [0.1, 0.15) is 43.7 Å². The average Bonchev–Trinajstić information content (AvgIpc) is 3.50. The first-order valence-electron chi connectivity index (χ1n) is 12.0. The van der Waals surface area contributed by atoms with E-state index in [2.05, 4.69) is 20.9 Å². The molecule has 2 N–H and O–H groups in total. The van der Waals surface area contributed by atoms with Crippen LogP contribution in [0.5, 0.6) is 0 Å². The molecule has 0 atom stereocenters. The molecule has 0 unspecified atom stereocenters. The minimum Gasteiger partial charge on any atom is -0.392 e. The second-order valence-corrected chi connectivity index (χ2v) is 11.5. The van der Waals surface area contributed by atoms with Crippen LogP contribution in [0.4, 0.5) is 11.5 Å². The Bertz CT molecular complexity index is 1480. The molecule has 10 nitrogen and oxygen atoms in total. The van der Waals surface area contributed by atoms with E-state index in [9.17, 15) is 18.0 Å². The van der Waals surface area contributed by atoms with Gasteiger partial charge in [0.25, 0.3) is 5.91 Å². The standard InChI is InChI=1S/C26H28ClN5O5S/c1-17(33)28-20-7-5-6-18(14-20)16-32-13-12-24(30-32)29-26(34)25(31-37-21-8-3-4-9-21)19-10-11-23(22(27)15-19)38(2,35)36/h5-7,10-15,21H,3-4,8-9,16H2,1-2H3,(H,28,33)(H,29,30,34)/b31-25-.